The summed E-state index contributed by atoms with van der Waals surface area (Å²) >= 11 is 0. The van der Waals surface area contributed by atoms with E-state index in [1.165, 1.54) is 12.8 Å². The fourth-order valence-corrected chi connectivity index (χ4v) is 4.18. The van der Waals surface area contributed by atoms with E-state index in [4.69, 9.17) is 9.15 Å². The normalized spacial score (nSPS) is 13.9. The molecule has 34 heavy (non-hydrogen) atoms. The van der Waals surface area contributed by atoms with Crippen molar-refractivity contribution in [2.45, 2.75) is 45.6 Å². The molecule has 1 aromatic heterocycles. The molecule has 1 aliphatic carbocycles. The molecule has 0 radical (unpaired) electrons. The topological polar surface area (TPSA) is 79.6 Å². The number of ether oxygens (including phenoxy) is 1. The molecular weight excluding hydrogens is 428 g/mol. The number of nitrogens with one attached hydrogen (secondary N) is 2. The summed E-state index contributed by atoms with van der Waals surface area (Å²) in [5.74, 6) is 1.46. The summed E-state index contributed by atoms with van der Waals surface area (Å²) in [4.78, 5) is 19.0. The lowest BCUT2D eigenvalue weighted by Gasteiger charge is -2.17. The second kappa shape index (κ2) is 11.7. The van der Waals surface area contributed by atoms with Gasteiger partial charge in [-0.25, -0.2) is 4.98 Å². The number of nitrogens with zero attached hydrogens (tertiary/aromatic N) is 2. The Morgan fingerprint density at radius 3 is 2.62 bits per heavy atom. The first-order valence-electron chi connectivity index (χ1n) is 12.2. The first-order valence-corrected chi connectivity index (χ1v) is 12.2. The molecule has 3 aromatic rings. The SMILES string of the molecule is CCN(CC)CCNC(=O)c1ccc(Nc2ncc(-c3cccc(OC4CCCC4)c3)o2)cc1. The monoisotopic (exact) mass is 462 g/mol. The molecule has 7 nitrogen and oxygen atoms in total. The third-order valence-corrected chi connectivity index (χ3v) is 6.24. The van der Waals surface area contributed by atoms with Crippen LogP contribution in [0.15, 0.2) is 59.1 Å². The van der Waals surface area contributed by atoms with E-state index in [9.17, 15) is 4.79 Å². The van der Waals surface area contributed by atoms with Crippen LogP contribution in [0.2, 0.25) is 0 Å². The zero-order valence-electron chi connectivity index (χ0n) is 20.0. The van der Waals surface area contributed by atoms with Gasteiger partial charge in [-0.05, 0) is 75.2 Å². The van der Waals surface area contributed by atoms with Crippen LogP contribution in [0, 0.1) is 0 Å². The minimum atomic E-state index is -0.0724. The van der Waals surface area contributed by atoms with E-state index in [-0.39, 0.29) is 5.91 Å². The highest BCUT2D eigenvalue weighted by Crippen LogP contribution is 2.29. The van der Waals surface area contributed by atoms with Crippen molar-refractivity contribution in [2.75, 3.05) is 31.5 Å². The number of likely N-dealkylation sites (N-methyl/N-ethyl adjacent to an activating group) is 1. The van der Waals surface area contributed by atoms with E-state index in [0.717, 1.165) is 49.5 Å². The van der Waals surface area contributed by atoms with Crippen LogP contribution in [0.25, 0.3) is 11.3 Å². The predicted octanol–water partition coefficient (Wildman–Crippen LogP) is 5.48. The summed E-state index contributed by atoms with van der Waals surface area (Å²) in [6.45, 7) is 7.68. The summed E-state index contributed by atoms with van der Waals surface area (Å²) in [6, 6.07) is 15.6. The summed E-state index contributed by atoms with van der Waals surface area (Å²) in [5.41, 5.74) is 2.34. The predicted molar refractivity (Wildman–Crippen MR) is 135 cm³/mol. The standard InChI is InChI=1S/C27H34N4O3/c1-3-31(4-2)17-16-28-26(32)20-12-14-22(15-13-20)30-27-29-19-25(34-27)21-8-7-11-24(18-21)33-23-9-5-6-10-23/h7-8,11-15,18-19,23H,3-6,9-10,16-17H2,1-2H3,(H,28,32)(H,29,30). The van der Waals surface area contributed by atoms with Crippen molar-refractivity contribution in [3.63, 3.8) is 0 Å². The van der Waals surface area contributed by atoms with Crippen molar-refractivity contribution in [3.05, 3.63) is 60.3 Å². The number of aromatic nitrogens is 1. The van der Waals surface area contributed by atoms with Crippen molar-refractivity contribution in [2.24, 2.45) is 0 Å². The lowest BCUT2D eigenvalue weighted by Crippen LogP contribution is -2.34. The minimum Gasteiger partial charge on any atom is -0.490 e. The highest BCUT2D eigenvalue weighted by Gasteiger charge is 2.17. The van der Waals surface area contributed by atoms with Gasteiger partial charge in [0.1, 0.15) is 5.75 Å². The molecule has 0 saturated heterocycles. The quantitative estimate of drug-likeness (QED) is 0.393. The van der Waals surface area contributed by atoms with Crippen molar-refractivity contribution in [1.29, 1.82) is 0 Å². The van der Waals surface area contributed by atoms with Crippen molar-refractivity contribution in [3.8, 4) is 17.1 Å². The Balaban J connectivity index is 1.32. The third-order valence-electron chi connectivity index (χ3n) is 6.24. The molecule has 2 N–H and O–H groups in total. The highest BCUT2D eigenvalue weighted by atomic mass is 16.5. The molecule has 0 aliphatic heterocycles. The third kappa shape index (κ3) is 6.38. The Morgan fingerprint density at radius 2 is 1.88 bits per heavy atom. The van der Waals surface area contributed by atoms with Crippen LogP contribution in [0.3, 0.4) is 0 Å². The molecule has 0 spiro atoms. The summed E-state index contributed by atoms with van der Waals surface area (Å²) < 4.78 is 12.0. The van der Waals surface area contributed by atoms with Gasteiger partial charge in [0.05, 0.1) is 12.3 Å². The molecule has 1 saturated carbocycles. The fourth-order valence-electron chi connectivity index (χ4n) is 4.18. The molecule has 1 amide bonds. The number of hydrogen-bond acceptors (Lipinski definition) is 6. The van der Waals surface area contributed by atoms with Gasteiger partial charge < -0.3 is 24.7 Å². The second-order valence-electron chi connectivity index (χ2n) is 8.57. The van der Waals surface area contributed by atoms with Gasteiger partial charge in [-0.2, -0.15) is 0 Å². The van der Waals surface area contributed by atoms with E-state index in [1.807, 2.05) is 36.4 Å². The van der Waals surface area contributed by atoms with Gasteiger partial charge in [0.2, 0.25) is 0 Å². The maximum Gasteiger partial charge on any atom is 0.299 e. The molecule has 2 aromatic carbocycles. The summed E-state index contributed by atoms with van der Waals surface area (Å²) in [6.07, 6.45) is 6.74. The van der Waals surface area contributed by atoms with Crippen LogP contribution in [0.1, 0.15) is 49.9 Å². The molecule has 7 heteroatoms. The molecule has 0 unspecified atom stereocenters. The lowest BCUT2D eigenvalue weighted by molar-refractivity contribution is 0.0949. The summed E-state index contributed by atoms with van der Waals surface area (Å²) in [5, 5.41) is 6.13. The molecule has 0 bridgehead atoms. The molecule has 180 valence electrons. The van der Waals surface area contributed by atoms with Crippen LogP contribution in [-0.4, -0.2) is 48.1 Å². The van der Waals surface area contributed by atoms with Crippen molar-refractivity contribution < 1.29 is 13.9 Å². The number of oxazole rings is 1. The van der Waals surface area contributed by atoms with Crippen LogP contribution < -0.4 is 15.4 Å². The minimum absolute atomic E-state index is 0.0724. The van der Waals surface area contributed by atoms with E-state index >= 15 is 0 Å². The molecule has 1 aliphatic rings. The Labute approximate surface area is 201 Å². The molecular formula is C27H34N4O3. The van der Waals surface area contributed by atoms with Crippen LogP contribution >= 0.6 is 0 Å². The number of anilines is 2. The number of carbonyl (C=O) groups is 1. The Bertz CT molecular complexity index is 1050. The maximum absolute atomic E-state index is 12.4. The van der Waals surface area contributed by atoms with Crippen LogP contribution in [-0.2, 0) is 0 Å². The molecule has 0 atom stereocenters. The zero-order chi connectivity index (χ0) is 23.8. The second-order valence-corrected chi connectivity index (χ2v) is 8.57. The van der Waals surface area contributed by atoms with Crippen LogP contribution in [0.4, 0.5) is 11.7 Å². The van der Waals surface area contributed by atoms with Crippen molar-refractivity contribution >= 4 is 17.6 Å². The van der Waals surface area contributed by atoms with Gasteiger partial charge in [0.25, 0.3) is 11.9 Å². The molecule has 4 rings (SSSR count). The first-order chi connectivity index (χ1) is 16.6. The van der Waals surface area contributed by atoms with Gasteiger partial charge >= 0.3 is 0 Å². The Hall–Kier alpha value is -3.32. The summed E-state index contributed by atoms with van der Waals surface area (Å²) in [7, 11) is 0. The number of benzene rings is 2. The van der Waals surface area contributed by atoms with E-state index in [1.54, 1.807) is 18.3 Å². The largest absolute Gasteiger partial charge is 0.490 e. The molecule has 1 heterocycles. The average Bonchev–Trinajstić information content (AvgIpc) is 3.55. The van der Waals surface area contributed by atoms with Crippen molar-refractivity contribution in [1.82, 2.24) is 15.2 Å². The van der Waals surface area contributed by atoms with Gasteiger partial charge in [-0.3, -0.25) is 4.79 Å². The smallest absolute Gasteiger partial charge is 0.299 e. The van der Waals surface area contributed by atoms with Gasteiger partial charge in [-0.15, -0.1) is 0 Å². The number of hydrogen-bond donors (Lipinski definition) is 2. The first kappa shape index (κ1) is 23.8. The van der Waals surface area contributed by atoms with Crippen LogP contribution in [0.5, 0.6) is 5.75 Å². The Kier molecular flexibility index (Phi) is 8.20. The van der Waals surface area contributed by atoms with E-state index in [0.29, 0.717) is 30.0 Å². The maximum atomic E-state index is 12.4. The zero-order valence-corrected chi connectivity index (χ0v) is 20.0. The average molecular weight is 463 g/mol. The lowest BCUT2D eigenvalue weighted by atomic mass is 10.2. The van der Waals surface area contributed by atoms with Gasteiger partial charge in [-0.1, -0.05) is 26.0 Å². The number of amides is 1. The van der Waals surface area contributed by atoms with Gasteiger partial charge in [0, 0.05) is 29.9 Å². The van der Waals surface area contributed by atoms with Gasteiger partial charge in [0.15, 0.2) is 5.76 Å². The van der Waals surface area contributed by atoms with E-state index < -0.39 is 0 Å². The number of carbonyl (C=O) groups excluding carboxylic acids is 1. The van der Waals surface area contributed by atoms with E-state index in [2.05, 4.69) is 34.4 Å². The molecule has 1 fully saturated rings. The Morgan fingerprint density at radius 1 is 1.12 bits per heavy atom. The fraction of sp³-hybridized carbons (Fsp3) is 0.407. The highest BCUT2D eigenvalue weighted by molar-refractivity contribution is 5.94. The number of rotatable bonds is 11.